The Morgan fingerprint density at radius 3 is 2.12 bits per heavy atom. The Labute approximate surface area is 182 Å². The molecule has 2 aliphatic rings. The van der Waals surface area contributed by atoms with E-state index in [-0.39, 0.29) is 12.5 Å². The van der Waals surface area contributed by atoms with Crippen LogP contribution in [0.1, 0.15) is 29.9 Å². The van der Waals surface area contributed by atoms with E-state index in [1.165, 1.54) is 0 Å². The van der Waals surface area contributed by atoms with Gasteiger partial charge >= 0.3 is 18.0 Å². The average molecular weight is 444 g/mol. The first-order valence-electron chi connectivity index (χ1n) is 10.3. The van der Waals surface area contributed by atoms with Gasteiger partial charge < -0.3 is 20.5 Å². The number of alkyl halides is 2. The predicted molar refractivity (Wildman–Crippen MR) is 110 cm³/mol. The van der Waals surface area contributed by atoms with Crippen molar-refractivity contribution >= 4 is 18.0 Å². The number of carboxylic acid groups (broad SMARTS) is 1. The van der Waals surface area contributed by atoms with Crippen molar-refractivity contribution in [2.45, 2.75) is 30.7 Å². The van der Waals surface area contributed by atoms with Crippen molar-refractivity contribution in [3.63, 3.8) is 0 Å². The molecule has 4 rings (SSSR count). The fourth-order valence-corrected chi connectivity index (χ4v) is 4.09. The Hall–Kier alpha value is -3.49. The van der Waals surface area contributed by atoms with Crippen LogP contribution in [0.15, 0.2) is 48.5 Å². The molecule has 0 aromatic heterocycles. The molecule has 0 spiro atoms. The van der Waals surface area contributed by atoms with Crippen LogP contribution in [0.5, 0.6) is 0 Å². The summed E-state index contributed by atoms with van der Waals surface area (Å²) in [5.74, 6) is -8.04. The number of amides is 2. The molecule has 3 N–H and O–H groups in total. The van der Waals surface area contributed by atoms with Crippen molar-refractivity contribution < 1.29 is 33.0 Å². The van der Waals surface area contributed by atoms with Gasteiger partial charge in [-0.3, -0.25) is 4.79 Å². The molecule has 9 heteroatoms. The van der Waals surface area contributed by atoms with Gasteiger partial charge in [0.2, 0.25) is 5.91 Å². The number of carbonyl (C=O) groups excluding carboxylic acids is 2. The van der Waals surface area contributed by atoms with E-state index in [4.69, 9.17) is 9.84 Å². The molecule has 2 amide bonds. The van der Waals surface area contributed by atoms with Crippen molar-refractivity contribution in [1.29, 1.82) is 0 Å². The van der Waals surface area contributed by atoms with Gasteiger partial charge in [0, 0.05) is 5.92 Å². The van der Waals surface area contributed by atoms with Crippen molar-refractivity contribution in [2.75, 3.05) is 13.2 Å². The maximum absolute atomic E-state index is 13.9. The molecule has 1 unspecified atom stereocenters. The lowest BCUT2D eigenvalue weighted by atomic mass is 9.98. The number of fused-ring (bicyclic) bond motifs is 3. The zero-order valence-corrected chi connectivity index (χ0v) is 17.0. The molecule has 0 radical (unpaired) electrons. The SMILES string of the molecule is O=C(CNC(=O)OCC1c2ccccc2-c2ccccc21)NC(C1CC1)C(F)(F)C(=O)O. The first-order chi connectivity index (χ1) is 15.3. The van der Waals surface area contributed by atoms with Gasteiger partial charge in [-0.05, 0) is 41.0 Å². The van der Waals surface area contributed by atoms with E-state index < -0.39 is 42.4 Å². The van der Waals surface area contributed by atoms with Gasteiger partial charge in [-0.1, -0.05) is 48.5 Å². The minimum Gasteiger partial charge on any atom is -0.477 e. The second kappa shape index (κ2) is 8.57. The molecule has 7 nitrogen and oxygen atoms in total. The van der Waals surface area contributed by atoms with Crippen molar-refractivity contribution in [3.8, 4) is 11.1 Å². The molecular weight excluding hydrogens is 422 g/mol. The van der Waals surface area contributed by atoms with Gasteiger partial charge in [-0.25, -0.2) is 9.59 Å². The predicted octanol–water partition coefficient (Wildman–Crippen LogP) is 3.14. The number of nitrogens with one attached hydrogen (secondary N) is 2. The van der Waals surface area contributed by atoms with E-state index in [2.05, 4.69) is 5.32 Å². The number of carbonyl (C=O) groups is 3. The monoisotopic (exact) mass is 444 g/mol. The van der Waals surface area contributed by atoms with Gasteiger partial charge in [-0.2, -0.15) is 8.78 Å². The third-order valence-corrected chi connectivity index (χ3v) is 5.82. The summed E-state index contributed by atoms with van der Waals surface area (Å²) < 4.78 is 33.0. The summed E-state index contributed by atoms with van der Waals surface area (Å²) in [7, 11) is 0. The number of alkyl carbamates (subject to hydrolysis) is 1. The van der Waals surface area contributed by atoms with Crippen LogP contribution >= 0.6 is 0 Å². The number of benzene rings is 2. The molecule has 2 aromatic carbocycles. The van der Waals surface area contributed by atoms with Gasteiger partial charge in [-0.15, -0.1) is 0 Å². The smallest absolute Gasteiger partial charge is 0.407 e. The average Bonchev–Trinajstić information content (AvgIpc) is 3.57. The zero-order valence-electron chi connectivity index (χ0n) is 17.0. The third kappa shape index (κ3) is 4.28. The lowest BCUT2D eigenvalue weighted by molar-refractivity contribution is -0.170. The van der Waals surface area contributed by atoms with Gasteiger partial charge in [0.25, 0.3) is 0 Å². The van der Waals surface area contributed by atoms with Crippen LogP contribution in [0.25, 0.3) is 11.1 Å². The summed E-state index contributed by atoms with van der Waals surface area (Å²) in [6, 6.07) is 13.8. The van der Waals surface area contributed by atoms with Gasteiger partial charge in [0.05, 0.1) is 0 Å². The molecule has 2 aromatic rings. The van der Waals surface area contributed by atoms with E-state index in [1.54, 1.807) is 0 Å². The number of aliphatic carboxylic acids is 1. The lowest BCUT2D eigenvalue weighted by Crippen LogP contribution is -2.55. The summed E-state index contributed by atoms with van der Waals surface area (Å²) in [6.07, 6.45) is -0.0451. The number of hydrogen-bond acceptors (Lipinski definition) is 4. The Kier molecular flexibility index (Phi) is 5.82. The topological polar surface area (TPSA) is 105 Å². The first-order valence-corrected chi connectivity index (χ1v) is 10.3. The quantitative estimate of drug-likeness (QED) is 0.580. The van der Waals surface area contributed by atoms with Crippen molar-refractivity contribution in [2.24, 2.45) is 5.92 Å². The van der Waals surface area contributed by atoms with Crippen LogP contribution in [0.4, 0.5) is 13.6 Å². The summed E-state index contributed by atoms with van der Waals surface area (Å²) in [6.45, 7) is -0.557. The Morgan fingerprint density at radius 2 is 1.59 bits per heavy atom. The highest BCUT2D eigenvalue weighted by atomic mass is 19.3. The number of carboxylic acids is 1. The highest BCUT2D eigenvalue weighted by Gasteiger charge is 2.54. The summed E-state index contributed by atoms with van der Waals surface area (Å²) in [5, 5.41) is 13.0. The molecule has 1 saturated carbocycles. The second-order valence-electron chi connectivity index (χ2n) is 7.99. The molecule has 168 valence electrons. The van der Waals surface area contributed by atoms with Crippen molar-refractivity contribution in [3.05, 3.63) is 59.7 Å². The molecule has 0 bridgehead atoms. The normalized spacial score (nSPS) is 15.9. The van der Waals surface area contributed by atoms with Crippen LogP contribution in [-0.4, -0.2) is 48.2 Å². The Balaban J connectivity index is 1.31. The highest BCUT2D eigenvalue weighted by molar-refractivity contribution is 5.84. The maximum atomic E-state index is 13.9. The largest absolute Gasteiger partial charge is 0.477 e. The Bertz CT molecular complexity index is 1010. The number of ether oxygens (including phenoxy) is 1. The van der Waals surface area contributed by atoms with Crippen LogP contribution < -0.4 is 10.6 Å². The number of hydrogen-bond donors (Lipinski definition) is 3. The Morgan fingerprint density at radius 1 is 1.03 bits per heavy atom. The van der Waals surface area contributed by atoms with Crippen LogP contribution in [0.2, 0.25) is 0 Å². The van der Waals surface area contributed by atoms with E-state index in [1.807, 2.05) is 53.8 Å². The van der Waals surface area contributed by atoms with Gasteiger partial charge in [0.15, 0.2) is 0 Å². The molecule has 1 atom stereocenters. The number of halogens is 2. The number of rotatable bonds is 8. The molecule has 32 heavy (non-hydrogen) atoms. The molecule has 1 fully saturated rings. The first kappa shape index (κ1) is 21.7. The highest BCUT2D eigenvalue weighted by Crippen LogP contribution is 2.44. The minimum atomic E-state index is -4.08. The van der Waals surface area contributed by atoms with E-state index in [0.717, 1.165) is 22.3 Å². The molecule has 2 aliphatic carbocycles. The molecule has 0 aliphatic heterocycles. The zero-order chi connectivity index (χ0) is 22.9. The maximum Gasteiger partial charge on any atom is 0.407 e. The fourth-order valence-electron chi connectivity index (χ4n) is 4.09. The summed E-state index contributed by atoms with van der Waals surface area (Å²) in [4.78, 5) is 35.0. The van der Waals surface area contributed by atoms with Crippen LogP contribution in [0.3, 0.4) is 0 Å². The second-order valence-corrected chi connectivity index (χ2v) is 7.99. The summed E-state index contributed by atoms with van der Waals surface area (Å²) in [5.41, 5.74) is 4.20. The molecule has 0 heterocycles. The van der Waals surface area contributed by atoms with Gasteiger partial charge in [0.1, 0.15) is 19.2 Å². The van der Waals surface area contributed by atoms with Crippen molar-refractivity contribution in [1.82, 2.24) is 10.6 Å². The van der Waals surface area contributed by atoms with E-state index in [0.29, 0.717) is 12.8 Å². The molecular formula is C23H22F2N2O5. The van der Waals surface area contributed by atoms with E-state index >= 15 is 0 Å². The minimum absolute atomic E-state index is 0.0449. The third-order valence-electron chi connectivity index (χ3n) is 5.82. The standard InChI is InChI=1S/C23H22F2N2O5/c24-23(25,21(29)30)20(13-9-10-13)27-19(28)11-26-22(31)32-12-18-16-7-3-1-5-14(16)15-6-2-4-8-17(15)18/h1-8,13,18,20H,9-12H2,(H,26,31)(H,27,28)(H,29,30). The fraction of sp³-hybridized carbons (Fsp3) is 0.348. The molecule has 0 saturated heterocycles. The summed E-state index contributed by atoms with van der Waals surface area (Å²) >= 11 is 0. The van der Waals surface area contributed by atoms with E-state index in [9.17, 15) is 23.2 Å². The van der Waals surface area contributed by atoms with Crippen LogP contribution in [0, 0.1) is 5.92 Å². The lowest BCUT2D eigenvalue weighted by Gasteiger charge is -2.24. The van der Waals surface area contributed by atoms with Crippen LogP contribution in [-0.2, 0) is 14.3 Å².